The molecule has 2 N–H and O–H groups in total. The quantitative estimate of drug-likeness (QED) is 0.639. The standard InChI is InChI=1S/C18H27N3O3/c1-4-5-17(22)21-13(2)10-20(11-14(21)3)12-15-6-8-16(9-7-15)18(23)19-24/h6-9,13-14,24H,4-5,10-12H2,1-3H3,(H,19,23). The third-order valence-corrected chi connectivity index (χ3v) is 4.47. The normalized spacial score (nSPS) is 21.6. The average molecular weight is 333 g/mol. The van der Waals surface area contributed by atoms with Gasteiger partial charge in [0, 0.05) is 43.7 Å². The molecule has 6 heteroatoms. The van der Waals surface area contributed by atoms with Crippen LogP contribution in [0.4, 0.5) is 0 Å². The summed E-state index contributed by atoms with van der Waals surface area (Å²) in [5.74, 6) is -0.261. The molecule has 1 saturated heterocycles. The first-order chi connectivity index (χ1) is 11.5. The third kappa shape index (κ3) is 4.33. The van der Waals surface area contributed by atoms with E-state index in [1.165, 1.54) is 0 Å². The van der Waals surface area contributed by atoms with Crippen LogP contribution in [0.3, 0.4) is 0 Å². The molecule has 0 bridgehead atoms. The van der Waals surface area contributed by atoms with E-state index in [0.717, 1.165) is 31.6 Å². The highest BCUT2D eigenvalue weighted by molar-refractivity contribution is 5.93. The number of hydrogen-bond donors (Lipinski definition) is 2. The molecular weight excluding hydrogens is 306 g/mol. The molecule has 0 aliphatic carbocycles. The molecule has 2 unspecified atom stereocenters. The largest absolute Gasteiger partial charge is 0.335 e. The van der Waals surface area contributed by atoms with Crippen LogP contribution < -0.4 is 5.48 Å². The second kappa shape index (κ2) is 8.26. The fourth-order valence-corrected chi connectivity index (χ4v) is 3.48. The van der Waals surface area contributed by atoms with Crippen molar-refractivity contribution < 1.29 is 14.8 Å². The Morgan fingerprint density at radius 3 is 2.25 bits per heavy atom. The van der Waals surface area contributed by atoms with Crippen LogP contribution in [0.5, 0.6) is 0 Å². The number of hydroxylamine groups is 1. The lowest BCUT2D eigenvalue weighted by atomic mass is 10.0. The molecule has 6 nitrogen and oxygen atoms in total. The summed E-state index contributed by atoms with van der Waals surface area (Å²) in [6, 6.07) is 7.60. The van der Waals surface area contributed by atoms with Gasteiger partial charge in [0.05, 0.1) is 0 Å². The number of hydrogen-bond acceptors (Lipinski definition) is 4. The molecule has 1 fully saturated rings. The minimum absolute atomic E-state index is 0.201. The third-order valence-electron chi connectivity index (χ3n) is 4.47. The summed E-state index contributed by atoms with van der Waals surface area (Å²) in [6.45, 7) is 8.71. The predicted octanol–water partition coefficient (Wildman–Crippen LogP) is 2.03. The van der Waals surface area contributed by atoms with Gasteiger partial charge in [-0.05, 0) is 38.0 Å². The molecule has 1 aromatic carbocycles. The van der Waals surface area contributed by atoms with Crippen LogP contribution in [0.2, 0.25) is 0 Å². The van der Waals surface area contributed by atoms with E-state index in [9.17, 15) is 9.59 Å². The lowest BCUT2D eigenvalue weighted by Crippen LogP contribution is -2.58. The zero-order valence-electron chi connectivity index (χ0n) is 14.7. The monoisotopic (exact) mass is 333 g/mol. The summed E-state index contributed by atoms with van der Waals surface area (Å²) in [4.78, 5) is 28.0. The number of benzene rings is 1. The van der Waals surface area contributed by atoms with Crippen LogP contribution >= 0.6 is 0 Å². The Bertz CT molecular complexity index is 561. The van der Waals surface area contributed by atoms with Gasteiger partial charge in [0.15, 0.2) is 0 Å². The molecule has 2 amide bonds. The molecule has 0 spiro atoms. The molecule has 1 aromatic rings. The van der Waals surface area contributed by atoms with Gasteiger partial charge in [-0.1, -0.05) is 19.1 Å². The van der Waals surface area contributed by atoms with Crippen molar-refractivity contribution in [3.8, 4) is 0 Å². The molecular formula is C18H27N3O3. The number of rotatable bonds is 5. The highest BCUT2D eigenvalue weighted by atomic mass is 16.5. The summed E-state index contributed by atoms with van der Waals surface area (Å²) < 4.78 is 0. The number of carbonyl (C=O) groups excluding carboxylic acids is 2. The van der Waals surface area contributed by atoms with Gasteiger partial charge < -0.3 is 4.90 Å². The summed E-state index contributed by atoms with van der Waals surface area (Å²) in [5, 5.41) is 8.64. The van der Waals surface area contributed by atoms with Gasteiger partial charge >= 0.3 is 0 Å². The Kier molecular flexibility index (Phi) is 6.34. The Morgan fingerprint density at radius 1 is 1.17 bits per heavy atom. The van der Waals surface area contributed by atoms with E-state index in [4.69, 9.17) is 5.21 Å². The Balaban J connectivity index is 1.97. The zero-order chi connectivity index (χ0) is 17.7. The second-order valence-corrected chi connectivity index (χ2v) is 6.58. The fraction of sp³-hybridized carbons (Fsp3) is 0.556. The number of carbonyl (C=O) groups is 2. The van der Waals surface area contributed by atoms with Crippen LogP contribution in [0.15, 0.2) is 24.3 Å². The van der Waals surface area contributed by atoms with Crippen LogP contribution in [0.1, 0.15) is 49.5 Å². The zero-order valence-corrected chi connectivity index (χ0v) is 14.7. The highest BCUT2D eigenvalue weighted by Gasteiger charge is 2.32. The molecule has 2 atom stereocenters. The van der Waals surface area contributed by atoms with E-state index in [1.54, 1.807) is 17.6 Å². The van der Waals surface area contributed by atoms with E-state index < -0.39 is 5.91 Å². The van der Waals surface area contributed by atoms with E-state index >= 15 is 0 Å². The SMILES string of the molecule is CCCC(=O)N1C(C)CN(Cc2ccc(C(=O)NO)cc2)CC1C. The van der Waals surface area contributed by atoms with Gasteiger partial charge in [-0.15, -0.1) is 0 Å². The molecule has 132 valence electrons. The summed E-state index contributed by atoms with van der Waals surface area (Å²) in [7, 11) is 0. The number of nitrogens with zero attached hydrogens (tertiary/aromatic N) is 2. The van der Waals surface area contributed by atoms with Crippen molar-refractivity contribution in [2.45, 2.75) is 52.2 Å². The topological polar surface area (TPSA) is 72.9 Å². The van der Waals surface area contributed by atoms with Gasteiger partial charge in [-0.25, -0.2) is 5.48 Å². The molecule has 1 aliphatic rings. The van der Waals surface area contributed by atoms with Crippen LogP contribution in [-0.4, -0.2) is 52.0 Å². The predicted molar refractivity (Wildman–Crippen MR) is 91.6 cm³/mol. The number of nitrogens with one attached hydrogen (secondary N) is 1. The Labute approximate surface area is 143 Å². The van der Waals surface area contributed by atoms with Crippen molar-refractivity contribution in [1.29, 1.82) is 0 Å². The van der Waals surface area contributed by atoms with Crippen molar-refractivity contribution in [1.82, 2.24) is 15.3 Å². The first-order valence-electron chi connectivity index (χ1n) is 8.53. The van der Waals surface area contributed by atoms with Crippen molar-refractivity contribution in [2.75, 3.05) is 13.1 Å². The molecule has 2 rings (SSSR count). The van der Waals surface area contributed by atoms with E-state index in [0.29, 0.717) is 12.0 Å². The lowest BCUT2D eigenvalue weighted by molar-refractivity contribution is -0.139. The van der Waals surface area contributed by atoms with E-state index in [2.05, 4.69) is 18.7 Å². The number of amides is 2. The first kappa shape index (κ1) is 18.4. The Hall–Kier alpha value is -1.92. The number of piperazine rings is 1. The maximum Gasteiger partial charge on any atom is 0.274 e. The van der Waals surface area contributed by atoms with Gasteiger partial charge in [0.25, 0.3) is 5.91 Å². The van der Waals surface area contributed by atoms with E-state index in [1.807, 2.05) is 24.0 Å². The summed E-state index contributed by atoms with van der Waals surface area (Å²) in [6.07, 6.45) is 1.50. The maximum atomic E-state index is 12.3. The van der Waals surface area contributed by atoms with Crippen LogP contribution in [0, 0.1) is 0 Å². The van der Waals surface area contributed by atoms with Crippen molar-refractivity contribution in [3.63, 3.8) is 0 Å². The second-order valence-electron chi connectivity index (χ2n) is 6.58. The molecule has 1 heterocycles. The minimum Gasteiger partial charge on any atom is -0.335 e. The maximum absolute atomic E-state index is 12.3. The van der Waals surface area contributed by atoms with Gasteiger partial charge in [0.1, 0.15) is 0 Å². The molecule has 0 saturated carbocycles. The van der Waals surface area contributed by atoms with Gasteiger partial charge in [-0.2, -0.15) is 0 Å². The smallest absolute Gasteiger partial charge is 0.274 e. The first-order valence-corrected chi connectivity index (χ1v) is 8.53. The highest BCUT2D eigenvalue weighted by Crippen LogP contribution is 2.19. The Morgan fingerprint density at radius 2 is 1.75 bits per heavy atom. The van der Waals surface area contributed by atoms with Crippen molar-refractivity contribution >= 4 is 11.8 Å². The summed E-state index contributed by atoms with van der Waals surface area (Å²) >= 11 is 0. The van der Waals surface area contributed by atoms with Crippen molar-refractivity contribution in [3.05, 3.63) is 35.4 Å². The van der Waals surface area contributed by atoms with Gasteiger partial charge in [0.2, 0.25) is 5.91 Å². The molecule has 24 heavy (non-hydrogen) atoms. The van der Waals surface area contributed by atoms with Crippen LogP contribution in [-0.2, 0) is 11.3 Å². The lowest BCUT2D eigenvalue weighted by Gasteiger charge is -2.44. The minimum atomic E-state index is -0.508. The van der Waals surface area contributed by atoms with E-state index in [-0.39, 0.29) is 18.0 Å². The van der Waals surface area contributed by atoms with Crippen molar-refractivity contribution in [2.24, 2.45) is 0 Å². The molecule has 0 aromatic heterocycles. The van der Waals surface area contributed by atoms with Gasteiger partial charge in [-0.3, -0.25) is 19.7 Å². The van der Waals surface area contributed by atoms with Crippen LogP contribution in [0.25, 0.3) is 0 Å². The fourth-order valence-electron chi connectivity index (χ4n) is 3.48. The molecule has 0 radical (unpaired) electrons. The summed E-state index contributed by atoms with van der Waals surface area (Å²) in [5.41, 5.74) is 3.17. The molecule has 1 aliphatic heterocycles. The average Bonchev–Trinajstić information content (AvgIpc) is 2.54.